The maximum atomic E-state index is 13.4. The summed E-state index contributed by atoms with van der Waals surface area (Å²) in [4.78, 5) is 24.5. The Labute approximate surface area is 214 Å². The van der Waals surface area contributed by atoms with Gasteiger partial charge in [0.15, 0.2) is 5.69 Å². The van der Waals surface area contributed by atoms with Gasteiger partial charge in [0.1, 0.15) is 10.6 Å². The summed E-state index contributed by atoms with van der Waals surface area (Å²) < 4.78 is 36.8. The molecular weight excluding hydrogens is 504 g/mol. The van der Waals surface area contributed by atoms with Crippen LogP contribution in [0.3, 0.4) is 0 Å². The minimum atomic E-state index is -4.12. The first kappa shape index (κ1) is 27.4. The average molecular weight is 535 g/mol. The molecule has 3 aromatic rings. The summed E-state index contributed by atoms with van der Waals surface area (Å²) in [6, 6.07) is 7.64. The number of sulfonamides is 1. The van der Waals surface area contributed by atoms with Crippen molar-refractivity contribution in [1.82, 2.24) is 14.5 Å². The van der Waals surface area contributed by atoms with Crippen LogP contribution in [-0.4, -0.2) is 40.7 Å². The zero-order valence-corrected chi connectivity index (χ0v) is 22.8. The molecule has 0 fully saturated rings. The fourth-order valence-electron chi connectivity index (χ4n) is 3.30. The Balaban J connectivity index is 2.14. The van der Waals surface area contributed by atoms with Crippen molar-refractivity contribution in [3.63, 3.8) is 0 Å². The van der Waals surface area contributed by atoms with E-state index in [1.165, 1.54) is 34.2 Å². The molecule has 0 aliphatic rings. The molecule has 0 spiro atoms. The molecule has 0 saturated heterocycles. The van der Waals surface area contributed by atoms with Gasteiger partial charge in [0.2, 0.25) is 15.9 Å². The number of carbonyl (C=O) groups excluding carboxylic acids is 1. The van der Waals surface area contributed by atoms with Gasteiger partial charge >= 0.3 is 5.97 Å². The number of aromatic carboxylic acids is 1. The van der Waals surface area contributed by atoms with Crippen LogP contribution in [0.2, 0.25) is 0 Å². The normalized spacial score (nSPS) is 12.4. The number of benzene rings is 1. The van der Waals surface area contributed by atoms with Crippen molar-refractivity contribution in [1.29, 1.82) is 0 Å². The Morgan fingerprint density at radius 3 is 2.31 bits per heavy atom. The number of amides is 1. The molecule has 3 rings (SSSR count). The molecule has 0 aliphatic carbocycles. The number of hydrogen-bond donors (Lipinski definition) is 3. The van der Waals surface area contributed by atoms with Crippen LogP contribution in [0.4, 0.5) is 5.69 Å². The fraction of sp³-hybridized carbons (Fsp3) is 0.375. The van der Waals surface area contributed by atoms with Crippen molar-refractivity contribution >= 4 is 38.9 Å². The number of aromatic nitrogens is 2. The predicted molar refractivity (Wildman–Crippen MR) is 138 cm³/mol. The van der Waals surface area contributed by atoms with Gasteiger partial charge < -0.3 is 15.2 Å². The van der Waals surface area contributed by atoms with Gasteiger partial charge in [-0.2, -0.15) is 5.10 Å². The lowest BCUT2D eigenvalue weighted by Gasteiger charge is -2.24. The van der Waals surface area contributed by atoms with Crippen LogP contribution in [-0.2, 0) is 15.6 Å². The second-order valence-electron chi connectivity index (χ2n) is 10.2. The molecule has 0 aliphatic heterocycles. The number of ether oxygens (including phenoxy) is 1. The molecule has 2 aromatic heterocycles. The molecule has 0 saturated carbocycles. The quantitative estimate of drug-likeness (QED) is 0.394. The minimum absolute atomic E-state index is 0.0497. The monoisotopic (exact) mass is 534 g/mol. The highest BCUT2D eigenvalue weighted by Gasteiger charge is 2.31. The van der Waals surface area contributed by atoms with E-state index in [0.717, 1.165) is 0 Å². The summed E-state index contributed by atoms with van der Waals surface area (Å²) in [5.41, 5.74) is -1.16. The van der Waals surface area contributed by atoms with Crippen molar-refractivity contribution in [3.8, 4) is 11.6 Å². The zero-order chi connectivity index (χ0) is 27.1. The molecule has 194 valence electrons. The SMILES string of the molecule is Cc1c(C(=O)O)nn(C(C)(C)C)c1Oc1ccc(NC(=O)c2cccs2)cc1S(=O)(=O)NC(C)(C)C. The Hall–Kier alpha value is -3.22. The third kappa shape index (κ3) is 6.12. The number of hydrogen-bond acceptors (Lipinski definition) is 7. The fourth-order valence-corrected chi connectivity index (χ4v) is 5.49. The third-order valence-corrected chi connectivity index (χ3v) is 7.44. The maximum absolute atomic E-state index is 13.4. The number of rotatable bonds is 7. The Morgan fingerprint density at radius 1 is 1.11 bits per heavy atom. The van der Waals surface area contributed by atoms with Gasteiger partial charge in [0.25, 0.3) is 5.91 Å². The highest BCUT2D eigenvalue weighted by atomic mass is 32.2. The summed E-state index contributed by atoms with van der Waals surface area (Å²) in [6.45, 7) is 12.1. The number of carbonyl (C=O) groups is 2. The molecule has 2 heterocycles. The molecule has 10 nitrogen and oxygen atoms in total. The van der Waals surface area contributed by atoms with Crippen LogP contribution in [0.15, 0.2) is 40.6 Å². The standard InChI is InChI=1S/C24H30N4O6S2/c1-14-19(22(30)31)26-28(24(5,6)7)21(14)34-16-11-10-15(25-20(29)17-9-8-12-35-17)13-18(16)36(32,33)27-23(2,3)4/h8-13,27H,1-7H3,(H,25,29)(H,30,31). The van der Waals surface area contributed by atoms with Gasteiger partial charge in [-0.3, -0.25) is 4.79 Å². The van der Waals surface area contributed by atoms with Gasteiger partial charge in [-0.1, -0.05) is 6.07 Å². The number of nitrogens with one attached hydrogen (secondary N) is 2. The number of carboxylic acids is 1. The molecule has 12 heteroatoms. The van der Waals surface area contributed by atoms with Crippen molar-refractivity contribution in [2.75, 3.05) is 5.32 Å². The van der Waals surface area contributed by atoms with Gasteiger partial charge in [0, 0.05) is 16.8 Å². The molecule has 0 unspecified atom stereocenters. The van der Waals surface area contributed by atoms with E-state index in [1.807, 2.05) is 20.8 Å². The highest BCUT2D eigenvalue weighted by Crippen LogP contribution is 2.36. The van der Waals surface area contributed by atoms with E-state index in [9.17, 15) is 23.1 Å². The lowest BCUT2D eigenvalue weighted by molar-refractivity contribution is 0.0687. The molecule has 1 aromatic carbocycles. The van der Waals surface area contributed by atoms with Crippen molar-refractivity contribution < 1.29 is 27.9 Å². The first-order valence-electron chi connectivity index (χ1n) is 11.0. The number of anilines is 1. The zero-order valence-electron chi connectivity index (χ0n) is 21.2. The van der Waals surface area contributed by atoms with Crippen molar-refractivity contribution in [2.24, 2.45) is 0 Å². The van der Waals surface area contributed by atoms with E-state index in [-0.39, 0.29) is 39.4 Å². The third-order valence-electron chi connectivity index (χ3n) is 4.79. The molecule has 0 bridgehead atoms. The second kappa shape index (κ2) is 9.68. The first-order valence-corrected chi connectivity index (χ1v) is 13.4. The maximum Gasteiger partial charge on any atom is 0.356 e. The lowest BCUT2D eigenvalue weighted by Crippen LogP contribution is -2.40. The van der Waals surface area contributed by atoms with Crippen LogP contribution in [0.1, 0.15) is 67.3 Å². The summed E-state index contributed by atoms with van der Waals surface area (Å²) in [5.74, 6) is -1.55. The molecule has 3 N–H and O–H groups in total. The van der Waals surface area contributed by atoms with Crippen molar-refractivity contribution in [2.45, 2.75) is 64.4 Å². The van der Waals surface area contributed by atoms with E-state index >= 15 is 0 Å². The van der Waals surface area contributed by atoms with E-state index in [0.29, 0.717) is 4.88 Å². The van der Waals surface area contributed by atoms with Gasteiger partial charge in [0.05, 0.1) is 10.4 Å². The summed E-state index contributed by atoms with van der Waals surface area (Å²) in [5, 5.41) is 18.2. The van der Waals surface area contributed by atoms with Crippen LogP contribution in [0.5, 0.6) is 11.6 Å². The topological polar surface area (TPSA) is 140 Å². The van der Waals surface area contributed by atoms with Gasteiger partial charge in [-0.25, -0.2) is 22.6 Å². The van der Waals surface area contributed by atoms with Gasteiger partial charge in [-0.05, 0) is 78.1 Å². The van der Waals surface area contributed by atoms with Gasteiger partial charge in [-0.15, -0.1) is 11.3 Å². The van der Waals surface area contributed by atoms with E-state index in [1.54, 1.807) is 45.2 Å². The highest BCUT2D eigenvalue weighted by molar-refractivity contribution is 7.89. The molecule has 0 radical (unpaired) electrons. The molecule has 0 atom stereocenters. The van der Waals surface area contributed by atoms with E-state index in [4.69, 9.17) is 4.74 Å². The Kier molecular flexibility index (Phi) is 7.36. The van der Waals surface area contributed by atoms with E-state index < -0.39 is 27.1 Å². The minimum Gasteiger partial charge on any atom is -0.476 e. The Morgan fingerprint density at radius 2 is 1.78 bits per heavy atom. The lowest BCUT2D eigenvalue weighted by atomic mass is 10.1. The van der Waals surface area contributed by atoms with Crippen LogP contribution < -0.4 is 14.8 Å². The second-order valence-corrected chi connectivity index (χ2v) is 12.8. The van der Waals surface area contributed by atoms with Crippen LogP contribution >= 0.6 is 11.3 Å². The first-order chi connectivity index (χ1) is 16.5. The number of thiophene rings is 1. The van der Waals surface area contributed by atoms with Crippen LogP contribution in [0.25, 0.3) is 0 Å². The Bertz CT molecular complexity index is 1400. The number of carboxylic acid groups (broad SMARTS) is 1. The summed E-state index contributed by atoms with van der Waals surface area (Å²) in [6.07, 6.45) is 0. The smallest absolute Gasteiger partial charge is 0.356 e. The summed E-state index contributed by atoms with van der Waals surface area (Å²) in [7, 11) is -4.12. The van der Waals surface area contributed by atoms with E-state index in [2.05, 4.69) is 15.1 Å². The largest absolute Gasteiger partial charge is 0.476 e. The average Bonchev–Trinajstić information content (AvgIpc) is 3.36. The molecule has 1 amide bonds. The number of nitrogens with zero attached hydrogens (tertiary/aromatic N) is 2. The molecular formula is C24H30N4O6S2. The van der Waals surface area contributed by atoms with Crippen molar-refractivity contribution in [3.05, 3.63) is 51.8 Å². The predicted octanol–water partition coefficient (Wildman–Crippen LogP) is 4.83. The van der Waals surface area contributed by atoms with Crippen LogP contribution in [0, 0.1) is 6.92 Å². The molecule has 36 heavy (non-hydrogen) atoms. The summed E-state index contributed by atoms with van der Waals surface area (Å²) >= 11 is 1.26.